The lowest BCUT2D eigenvalue weighted by Crippen LogP contribution is -2.53. The summed E-state index contributed by atoms with van der Waals surface area (Å²) in [4.78, 5) is 0. The van der Waals surface area contributed by atoms with E-state index in [0.717, 1.165) is 25.7 Å². The fraction of sp³-hybridized carbons (Fsp3) is 1.00. The Morgan fingerprint density at radius 2 is 1.93 bits per heavy atom. The van der Waals surface area contributed by atoms with Crippen LogP contribution in [0.5, 0.6) is 0 Å². The highest BCUT2D eigenvalue weighted by atomic mass is 19.4. The van der Waals surface area contributed by atoms with Gasteiger partial charge in [-0.15, -0.1) is 0 Å². The molecular weight excluding hydrogens is 205 g/mol. The Morgan fingerprint density at radius 3 is 2.40 bits per heavy atom. The van der Waals surface area contributed by atoms with Gasteiger partial charge in [-0.2, -0.15) is 13.2 Å². The van der Waals surface area contributed by atoms with E-state index in [9.17, 15) is 13.2 Å². The Balaban J connectivity index is 2.72. The van der Waals surface area contributed by atoms with Crippen LogP contribution in [-0.2, 0) is 0 Å². The molecule has 1 aliphatic carbocycles. The molecule has 2 nitrogen and oxygen atoms in total. The third-order valence-corrected chi connectivity index (χ3v) is 3.45. The summed E-state index contributed by atoms with van der Waals surface area (Å²) in [5.41, 5.74) is 1.95. The number of rotatable bonds is 3. The molecule has 0 aliphatic heterocycles. The first kappa shape index (κ1) is 12.8. The summed E-state index contributed by atoms with van der Waals surface area (Å²) in [5, 5.41) is 0. The number of hydrogen-bond acceptors (Lipinski definition) is 2. The number of nitrogens with two attached hydrogens (primary N) is 1. The van der Waals surface area contributed by atoms with Crippen LogP contribution < -0.4 is 11.3 Å². The molecule has 1 fully saturated rings. The standard InChI is InChI=1S/C10H19F3N2/c1-2-7-5-3-4-6-8(7)9(15-14)10(11,12)13/h7-9,15H,2-6,14H2,1H3. The average Bonchev–Trinajstić information content (AvgIpc) is 2.17. The second-order valence-corrected chi connectivity index (χ2v) is 4.30. The quantitative estimate of drug-likeness (QED) is 0.571. The zero-order chi connectivity index (χ0) is 11.5. The van der Waals surface area contributed by atoms with E-state index < -0.39 is 12.2 Å². The molecule has 3 atom stereocenters. The van der Waals surface area contributed by atoms with Crippen molar-refractivity contribution in [3.63, 3.8) is 0 Å². The maximum atomic E-state index is 12.7. The van der Waals surface area contributed by atoms with Crippen LogP contribution in [0.3, 0.4) is 0 Å². The summed E-state index contributed by atoms with van der Waals surface area (Å²) in [7, 11) is 0. The van der Waals surface area contributed by atoms with Gasteiger partial charge in [-0.1, -0.05) is 32.6 Å². The minimum atomic E-state index is -4.23. The van der Waals surface area contributed by atoms with E-state index in [4.69, 9.17) is 5.84 Å². The summed E-state index contributed by atoms with van der Waals surface area (Å²) in [5.74, 6) is 4.84. The topological polar surface area (TPSA) is 38.0 Å². The SMILES string of the molecule is CCC1CCCCC1C(NN)C(F)(F)F. The fourth-order valence-electron chi connectivity index (χ4n) is 2.64. The molecule has 5 heteroatoms. The van der Waals surface area contributed by atoms with Gasteiger partial charge >= 0.3 is 6.18 Å². The summed E-state index contributed by atoms with van der Waals surface area (Å²) in [6.45, 7) is 1.95. The van der Waals surface area contributed by atoms with Crippen molar-refractivity contribution in [3.8, 4) is 0 Å². The lowest BCUT2D eigenvalue weighted by atomic mass is 9.74. The number of halogens is 3. The first-order valence-electron chi connectivity index (χ1n) is 5.53. The van der Waals surface area contributed by atoms with Gasteiger partial charge in [0.25, 0.3) is 0 Å². The summed E-state index contributed by atoms with van der Waals surface area (Å²) < 4.78 is 38.0. The van der Waals surface area contributed by atoms with E-state index in [1.54, 1.807) is 0 Å². The molecule has 0 aromatic heterocycles. The van der Waals surface area contributed by atoms with Crippen molar-refractivity contribution in [2.75, 3.05) is 0 Å². The second-order valence-electron chi connectivity index (χ2n) is 4.30. The second kappa shape index (κ2) is 5.16. The van der Waals surface area contributed by atoms with E-state index in [-0.39, 0.29) is 11.8 Å². The zero-order valence-corrected chi connectivity index (χ0v) is 8.98. The van der Waals surface area contributed by atoms with Gasteiger partial charge in [-0.05, 0) is 18.3 Å². The van der Waals surface area contributed by atoms with Crippen LogP contribution in [0.2, 0.25) is 0 Å². The largest absolute Gasteiger partial charge is 0.405 e. The minimum Gasteiger partial charge on any atom is -0.271 e. The van der Waals surface area contributed by atoms with Crippen molar-refractivity contribution in [2.45, 2.75) is 51.2 Å². The number of alkyl halides is 3. The molecule has 15 heavy (non-hydrogen) atoms. The normalized spacial score (nSPS) is 30.2. The van der Waals surface area contributed by atoms with E-state index >= 15 is 0 Å². The highest BCUT2D eigenvalue weighted by molar-refractivity contribution is 4.87. The molecule has 0 radical (unpaired) electrons. The van der Waals surface area contributed by atoms with Crippen LogP contribution >= 0.6 is 0 Å². The Labute approximate surface area is 88.4 Å². The molecule has 0 heterocycles. The number of hydrogen-bond donors (Lipinski definition) is 2. The fourth-order valence-corrected chi connectivity index (χ4v) is 2.64. The van der Waals surface area contributed by atoms with Gasteiger partial charge in [0.15, 0.2) is 0 Å². The Kier molecular flexibility index (Phi) is 4.40. The van der Waals surface area contributed by atoms with E-state index in [2.05, 4.69) is 0 Å². The molecule has 0 amide bonds. The highest BCUT2D eigenvalue weighted by Gasteiger charge is 2.46. The molecule has 3 unspecified atom stereocenters. The predicted molar refractivity (Wildman–Crippen MR) is 52.9 cm³/mol. The van der Waals surface area contributed by atoms with E-state index in [1.807, 2.05) is 12.3 Å². The van der Waals surface area contributed by atoms with E-state index in [1.165, 1.54) is 0 Å². The zero-order valence-electron chi connectivity index (χ0n) is 8.98. The predicted octanol–water partition coefficient (Wildman–Crippen LogP) is 2.60. The minimum absolute atomic E-state index is 0.154. The van der Waals surface area contributed by atoms with Crippen molar-refractivity contribution in [3.05, 3.63) is 0 Å². The van der Waals surface area contributed by atoms with Crippen molar-refractivity contribution in [1.82, 2.24) is 5.43 Å². The van der Waals surface area contributed by atoms with Crippen LogP contribution in [0.4, 0.5) is 13.2 Å². The lowest BCUT2D eigenvalue weighted by molar-refractivity contribution is -0.175. The van der Waals surface area contributed by atoms with Gasteiger partial charge in [0.05, 0.1) is 0 Å². The molecule has 90 valence electrons. The maximum absolute atomic E-state index is 12.7. The monoisotopic (exact) mass is 224 g/mol. The average molecular weight is 224 g/mol. The molecule has 1 saturated carbocycles. The first-order valence-corrected chi connectivity index (χ1v) is 5.53. The smallest absolute Gasteiger partial charge is 0.271 e. The molecule has 0 aromatic rings. The van der Waals surface area contributed by atoms with Crippen LogP contribution in [-0.4, -0.2) is 12.2 Å². The van der Waals surface area contributed by atoms with E-state index in [0.29, 0.717) is 6.42 Å². The van der Waals surface area contributed by atoms with Gasteiger partial charge in [0.1, 0.15) is 6.04 Å². The Bertz CT molecular complexity index is 194. The molecule has 0 saturated heterocycles. The lowest BCUT2D eigenvalue weighted by Gasteiger charge is -2.37. The maximum Gasteiger partial charge on any atom is 0.405 e. The van der Waals surface area contributed by atoms with Crippen molar-refractivity contribution >= 4 is 0 Å². The van der Waals surface area contributed by atoms with Crippen LogP contribution in [0.1, 0.15) is 39.0 Å². The molecular formula is C10H19F3N2. The third-order valence-electron chi connectivity index (χ3n) is 3.45. The molecule has 0 aromatic carbocycles. The molecule has 3 N–H and O–H groups in total. The molecule has 1 rings (SSSR count). The van der Waals surface area contributed by atoms with Gasteiger partial charge in [0, 0.05) is 0 Å². The van der Waals surface area contributed by atoms with Crippen LogP contribution in [0, 0.1) is 11.8 Å². The number of hydrazine groups is 1. The third kappa shape index (κ3) is 3.08. The van der Waals surface area contributed by atoms with Gasteiger partial charge in [-0.3, -0.25) is 5.84 Å². The molecule has 0 bridgehead atoms. The van der Waals surface area contributed by atoms with Crippen molar-refractivity contribution in [1.29, 1.82) is 0 Å². The Morgan fingerprint density at radius 1 is 1.33 bits per heavy atom. The molecule has 0 spiro atoms. The van der Waals surface area contributed by atoms with Gasteiger partial charge in [-0.25, -0.2) is 5.43 Å². The number of nitrogens with one attached hydrogen (secondary N) is 1. The van der Waals surface area contributed by atoms with Crippen LogP contribution in [0.25, 0.3) is 0 Å². The summed E-state index contributed by atoms with van der Waals surface area (Å²) in [6.07, 6.45) is 0.0327. The Hall–Kier alpha value is -0.290. The van der Waals surface area contributed by atoms with Gasteiger partial charge < -0.3 is 0 Å². The first-order chi connectivity index (χ1) is 7.00. The summed E-state index contributed by atoms with van der Waals surface area (Å²) >= 11 is 0. The van der Waals surface area contributed by atoms with Crippen molar-refractivity contribution in [2.24, 2.45) is 17.7 Å². The molecule has 1 aliphatic rings. The van der Waals surface area contributed by atoms with Crippen molar-refractivity contribution < 1.29 is 13.2 Å². The highest BCUT2D eigenvalue weighted by Crippen LogP contribution is 2.39. The van der Waals surface area contributed by atoms with Crippen LogP contribution in [0.15, 0.2) is 0 Å². The summed E-state index contributed by atoms with van der Waals surface area (Å²) in [6, 6.07) is -1.54. The van der Waals surface area contributed by atoms with Gasteiger partial charge in [0.2, 0.25) is 0 Å².